The van der Waals surface area contributed by atoms with E-state index in [0.717, 1.165) is 0 Å². The van der Waals surface area contributed by atoms with Gasteiger partial charge in [-0.15, -0.1) is 11.8 Å². The number of phenols is 2. The maximum absolute atomic E-state index is 12.9. The van der Waals surface area contributed by atoms with Crippen LogP contribution >= 0.6 is 11.8 Å². The molecule has 2 atom stereocenters. The Hall–Kier alpha value is -4.10. The van der Waals surface area contributed by atoms with Gasteiger partial charge in [-0.05, 0) is 42.8 Å². The Morgan fingerprint density at radius 2 is 2.03 bits per heavy atom. The molecule has 0 saturated carbocycles. The molecule has 0 unspecified atom stereocenters. The van der Waals surface area contributed by atoms with Crippen LogP contribution in [0.3, 0.4) is 0 Å². The Labute approximate surface area is 223 Å². The lowest BCUT2D eigenvalue weighted by molar-refractivity contribution is -0.131. The lowest BCUT2D eigenvalue weighted by Crippen LogP contribution is -2.48. The third-order valence-corrected chi connectivity index (χ3v) is 7.17. The number of alkyl carbamates (subject to hydrolysis) is 1. The summed E-state index contributed by atoms with van der Waals surface area (Å²) in [6, 6.07) is 6.36. The Balaban J connectivity index is 1.56. The number of nitrogens with two attached hydrogens (primary N) is 1. The Morgan fingerprint density at radius 3 is 2.74 bits per heavy atom. The number of aldehydes is 1. The van der Waals surface area contributed by atoms with Gasteiger partial charge in [0.2, 0.25) is 5.91 Å². The Bertz CT molecular complexity index is 1220. The number of pyridine rings is 1. The zero-order valence-corrected chi connectivity index (χ0v) is 21.4. The number of nitrogens with zero attached hydrogens (tertiary/aromatic N) is 2. The first kappa shape index (κ1) is 28.5. The smallest absolute Gasteiger partial charge is 0.407 e. The van der Waals surface area contributed by atoms with E-state index in [1.807, 2.05) is 0 Å². The number of rotatable bonds is 10. The maximum atomic E-state index is 12.9. The first-order valence-electron chi connectivity index (χ1n) is 11.6. The fourth-order valence-corrected chi connectivity index (χ4v) is 4.81. The number of ether oxygens (including phenoxy) is 1. The summed E-state index contributed by atoms with van der Waals surface area (Å²) in [6.07, 6.45) is 4.08. The molecule has 2 aromatic rings. The third kappa shape index (κ3) is 7.23. The van der Waals surface area contributed by atoms with Gasteiger partial charge in [0.1, 0.15) is 18.9 Å². The Morgan fingerprint density at radius 1 is 1.24 bits per heavy atom. The van der Waals surface area contributed by atoms with Crippen molar-refractivity contribution < 1.29 is 34.1 Å². The number of aromatic hydroxyl groups is 2. The van der Waals surface area contributed by atoms with Gasteiger partial charge in [0.05, 0.1) is 16.3 Å². The summed E-state index contributed by atoms with van der Waals surface area (Å²) in [6.45, 7) is 2.28. The van der Waals surface area contributed by atoms with Crippen molar-refractivity contribution in [2.24, 2.45) is 5.73 Å². The van der Waals surface area contributed by atoms with E-state index in [1.165, 1.54) is 59.3 Å². The van der Waals surface area contributed by atoms with E-state index in [1.54, 1.807) is 13.0 Å². The number of amides is 3. The molecule has 0 spiro atoms. The third-order valence-electron chi connectivity index (χ3n) is 5.74. The van der Waals surface area contributed by atoms with E-state index in [0.29, 0.717) is 36.2 Å². The number of nitrogens with one attached hydrogen (secondary N) is 2. The number of benzene rings is 1. The summed E-state index contributed by atoms with van der Waals surface area (Å²) in [5.41, 5.74) is 6.70. The second kappa shape index (κ2) is 12.9. The minimum absolute atomic E-state index is 0.0486. The van der Waals surface area contributed by atoms with Crippen molar-refractivity contribution >= 4 is 42.0 Å². The Kier molecular flexibility index (Phi) is 9.68. The quantitative estimate of drug-likeness (QED) is 0.164. The van der Waals surface area contributed by atoms with Crippen LogP contribution in [0, 0.1) is 0 Å². The lowest BCUT2D eigenvalue weighted by atomic mass is 10.0. The van der Waals surface area contributed by atoms with Crippen molar-refractivity contribution in [3.63, 3.8) is 0 Å². The van der Waals surface area contributed by atoms with E-state index in [4.69, 9.17) is 10.5 Å². The van der Waals surface area contributed by atoms with Crippen molar-refractivity contribution in [1.29, 1.82) is 0 Å². The number of carbonyl (C=O) groups is 4. The first-order chi connectivity index (χ1) is 18.2. The van der Waals surface area contributed by atoms with Gasteiger partial charge in [-0.2, -0.15) is 0 Å². The topological polar surface area (TPSA) is 184 Å². The van der Waals surface area contributed by atoms with Crippen molar-refractivity contribution in [3.8, 4) is 11.5 Å². The summed E-state index contributed by atoms with van der Waals surface area (Å²) >= 11 is 1.30. The van der Waals surface area contributed by atoms with Crippen molar-refractivity contribution in [1.82, 2.24) is 20.5 Å². The summed E-state index contributed by atoms with van der Waals surface area (Å²) in [5.74, 6) is -1.12. The molecule has 1 aromatic heterocycles. The molecule has 202 valence electrons. The van der Waals surface area contributed by atoms with E-state index >= 15 is 0 Å². The van der Waals surface area contributed by atoms with Crippen LogP contribution in [0.2, 0.25) is 0 Å². The van der Waals surface area contributed by atoms with E-state index in [9.17, 15) is 29.4 Å². The van der Waals surface area contributed by atoms with Crippen LogP contribution in [0.1, 0.15) is 28.5 Å². The number of phenolic OH excluding ortho intramolecular Hbond substituents is 2. The van der Waals surface area contributed by atoms with Gasteiger partial charge in [-0.25, -0.2) is 4.79 Å². The maximum Gasteiger partial charge on any atom is 0.407 e. The van der Waals surface area contributed by atoms with Crippen LogP contribution in [0.25, 0.3) is 6.08 Å². The summed E-state index contributed by atoms with van der Waals surface area (Å²) < 4.78 is 4.43. The fourth-order valence-electron chi connectivity index (χ4n) is 3.59. The van der Waals surface area contributed by atoms with Crippen LogP contribution < -0.4 is 16.4 Å². The number of hydrogen-bond donors (Lipinski definition) is 5. The minimum Gasteiger partial charge on any atom is -0.504 e. The molecule has 6 N–H and O–H groups in total. The highest BCUT2D eigenvalue weighted by molar-refractivity contribution is 8.01. The molecule has 1 fully saturated rings. The predicted molar refractivity (Wildman–Crippen MR) is 140 cm³/mol. The second-order valence-corrected chi connectivity index (χ2v) is 10.1. The summed E-state index contributed by atoms with van der Waals surface area (Å²) in [5, 5.41) is 24.1. The average molecular weight is 544 g/mol. The molecule has 1 aliphatic rings. The second-order valence-electron chi connectivity index (χ2n) is 8.58. The molecule has 13 heteroatoms. The zero-order valence-electron chi connectivity index (χ0n) is 20.6. The monoisotopic (exact) mass is 543 g/mol. The number of carbonyl (C=O) groups excluding carboxylic acids is 4. The standard InChI is InChI=1S/C25H29N5O7S/c1-25(14-37-24(36)29-12-16-2-4-19(32)20(33)10-16)21(13-31)30(15-38-25)22(34)5-3-18-11-17(6-8-27-18)23(35)28-9-7-26/h2-6,8,10-11,13,21,32-33H,7,9,12,14-15,26H2,1H3,(H,28,35)(H,29,36)/b5-3+/t21-,25-/m0/s1. The molecular formula is C25H29N5O7S. The largest absolute Gasteiger partial charge is 0.504 e. The van der Waals surface area contributed by atoms with Gasteiger partial charge in [-0.1, -0.05) is 6.07 Å². The van der Waals surface area contributed by atoms with E-state index < -0.39 is 22.8 Å². The van der Waals surface area contributed by atoms with Gasteiger partial charge in [0.15, 0.2) is 11.5 Å². The van der Waals surface area contributed by atoms with Gasteiger partial charge >= 0.3 is 6.09 Å². The number of hydrogen-bond acceptors (Lipinski definition) is 10. The zero-order chi connectivity index (χ0) is 27.7. The molecule has 1 aliphatic heterocycles. The summed E-state index contributed by atoms with van der Waals surface area (Å²) in [7, 11) is 0. The molecule has 0 radical (unpaired) electrons. The average Bonchev–Trinajstić information content (AvgIpc) is 3.26. The lowest BCUT2D eigenvalue weighted by Gasteiger charge is -2.29. The molecule has 38 heavy (non-hydrogen) atoms. The van der Waals surface area contributed by atoms with Crippen LogP contribution in [0.15, 0.2) is 42.6 Å². The SMILES string of the molecule is C[C@@]1(COC(=O)NCc2ccc(O)c(O)c2)SCN(C(=O)/C=C/c2cc(C(=O)NCCN)ccn2)[C@H]1C=O. The van der Waals surface area contributed by atoms with Crippen molar-refractivity contribution in [2.75, 3.05) is 25.6 Å². The first-order valence-corrected chi connectivity index (χ1v) is 12.6. The van der Waals surface area contributed by atoms with Gasteiger partial charge in [0.25, 0.3) is 5.91 Å². The van der Waals surface area contributed by atoms with Crippen LogP contribution in [-0.4, -0.2) is 80.7 Å². The number of thioether (sulfide) groups is 1. The summed E-state index contributed by atoms with van der Waals surface area (Å²) in [4.78, 5) is 54.6. The molecule has 1 aromatic carbocycles. The molecule has 12 nitrogen and oxygen atoms in total. The highest BCUT2D eigenvalue weighted by Crippen LogP contribution is 2.39. The van der Waals surface area contributed by atoms with Gasteiger partial charge in [-0.3, -0.25) is 14.6 Å². The number of aromatic nitrogens is 1. The molecule has 3 rings (SSSR count). The van der Waals surface area contributed by atoms with Crippen LogP contribution in [0.5, 0.6) is 11.5 Å². The predicted octanol–water partition coefficient (Wildman–Crippen LogP) is 0.980. The molecular weight excluding hydrogens is 514 g/mol. The highest BCUT2D eigenvalue weighted by atomic mass is 32.2. The highest BCUT2D eigenvalue weighted by Gasteiger charge is 2.47. The molecule has 3 amide bonds. The molecule has 0 bridgehead atoms. The molecule has 0 aliphatic carbocycles. The van der Waals surface area contributed by atoms with E-state index in [-0.39, 0.29) is 36.4 Å². The fraction of sp³-hybridized carbons (Fsp3) is 0.320. The van der Waals surface area contributed by atoms with Gasteiger partial charge < -0.3 is 41.0 Å². The minimum atomic E-state index is -0.876. The van der Waals surface area contributed by atoms with E-state index in [2.05, 4.69) is 15.6 Å². The van der Waals surface area contributed by atoms with Gasteiger partial charge in [0, 0.05) is 37.5 Å². The van der Waals surface area contributed by atoms with Crippen LogP contribution in [-0.2, 0) is 20.9 Å². The van der Waals surface area contributed by atoms with Crippen molar-refractivity contribution in [2.45, 2.75) is 24.3 Å². The molecule has 1 saturated heterocycles. The van der Waals surface area contributed by atoms with Crippen molar-refractivity contribution in [3.05, 3.63) is 59.4 Å². The molecule has 2 heterocycles. The normalized spacial score (nSPS) is 18.8. The van der Waals surface area contributed by atoms with Crippen LogP contribution in [0.4, 0.5) is 4.79 Å².